The van der Waals surface area contributed by atoms with Gasteiger partial charge in [-0.25, -0.2) is 14.8 Å². The molecule has 0 saturated heterocycles. The van der Waals surface area contributed by atoms with Crippen LogP contribution in [0, 0.1) is 0 Å². The molecular formula is C22H24ClN5O2. The molecule has 1 aromatic carbocycles. The van der Waals surface area contributed by atoms with Gasteiger partial charge in [0, 0.05) is 47.3 Å². The van der Waals surface area contributed by atoms with E-state index in [9.17, 15) is 4.79 Å². The first-order chi connectivity index (χ1) is 14.7. The number of rotatable bonds is 7. The monoisotopic (exact) mass is 425 g/mol. The number of aryl methyl sites for hydroxylation is 1. The number of ether oxygens (including phenoxy) is 1. The van der Waals surface area contributed by atoms with Crippen molar-refractivity contribution in [3.8, 4) is 0 Å². The maximum atomic E-state index is 11.7. The average molecular weight is 426 g/mol. The summed E-state index contributed by atoms with van der Waals surface area (Å²) in [6.45, 7) is 3.41. The predicted molar refractivity (Wildman–Crippen MR) is 118 cm³/mol. The number of carbonyl (C=O) groups is 1. The lowest BCUT2D eigenvalue weighted by atomic mass is 9.92. The van der Waals surface area contributed by atoms with Gasteiger partial charge in [0.05, 0.1) is 17.7 Å². The molecule has 0 amide bonds. The predicted octanol–water partition coefficient (Wildman–Crippen LogP) is 4.26. The molecule has 0 bridgehead atoms. The summed E-state index contributed by atoms with van der Waals surface area (Å²) in [7, 11) is 0. The van der Waals surface area contributed by atoms with E-state index in [1.165, 1.54) is 36.5 Å². The Kier molecular flexibility index (Phi) is 6.28. The third kappa shape index (κ3) is 4.46. The van der Waals surface area contributed by atoms with E-state index >= 15 is 0 Å². The Morgan fingerprint density at radius 1 is 1.13 bits per heavy atom. The summed E-state index contributed by atoms with van der Waals surface area (Å²) in [4.78, 5) is 24.9. The smallest absolute Gasteiger partial charge is 0.341 e. The van der Waals surface area contributed by atoms with Crippen LogP contribution in [0.3, 0.4) is 0 Å². The second-order valence-corrected chi connectivity index (χ2v) is 7.59. The highest BCUT2D eigenvalue weighted by atomic mass is 35.5. The van der Waals surface area contributed by atoms with Gasteiger partial charge in [-0.2, -0.15) is 0 Å². The summed E-state index contributed by atoms with van der Waals surface area (Å²) in [6.07, 6.45) is 7.34. The molecule has 0 spiro atoms. The fourth-order valence-electron chi connectivity index (χ4n) is 3.70. The van der Waals surface area contributed by atoms with Crippen LogP contribution in [0.4, 0.5) is 11.6 Å². The van der Waals surface area contributed by atoms with Gasteiger partial charge in [0.15, 0.2) is 0 Å². The third-order valence-electron chi connectivity index (χ3n) is 5.10. The molecule has 0 atom stereocenters. The van der Waals surface area contributed by atoms with E-state index in [0.717, 1.165) is 29.4 Å². The van der Waals surface area contributed by atoms with E-state index in [4.69, 9.17) is 21.3 Å². The number of esters is 1. The molecule has 4 rings (SSSR count). The maximum Gasteiger partial charge on any atom is 0.341 e. The third-order valence-corrected chi connectivity index (χ3v) is 5.33. The van der Waals surface area contributed by atoms with E-state index < -0.39 is 5.97 Å². The number of nitrogens with zero attached hydrogens (tertiary/aromatic N) is 3. The van der Waals surface area contributed by atoms with E-state index in [1.807, 2.05) is 18.2 Å². The van der Waals surface area contributed by atoms with Crippen LogP contribution >= 0.6 is 11.6 Å². The van der Waals surface area contributed by atoms with Crippen molar-refractivity contribution in [2.45, 2.75) is 32.6 Å². The molecule has 1 aliphatic carbocycles. The Morgan fingerprint density at radius 2 is 1.90 bits per heavy atom. The fraction of sp³-hybridized carbons (Fsp3) is 0.364. The SMILES string of the molecule is CCOC(=O)c1cnc(NCCNc2c3c(nc4cc(Cl)ccc24)CCCC3)nc1. The number of pyridine rings is 1. The molecule has 2 heterocycles. The van der Waals surface area contributed by atoms with Crippen LogP contribution in [0.1, 0.15) is 41.4 Å². The first-order valence-electron chi connectivity index (χ1n) is 10.2. The molecule has 1 aliphatic rings. The molecule has 2 N–H and O–H groups in total. The van der Waals surface area contributed by atoms with Gasteiger partial charge in [-0.05, 0) is 56.4 Å². The number of halogens is 1. The highest BCUT2D eigenvalue weighted by Gasteiger charge is 2.18. The zero-order valence-corrected chi connectivity index (χ0v) is 17.6. The lowest BCUT2D eigenvalue weighted by Crippen LogP contribution is -2.18. The van der Waals surface area contributed by atoms with Crippen molar-refractivity contribution < 1.29 is 9.53 Å². The summed E-state index contributed by atoms with van der Waals surface area (Å²) < 4.78 is 4.94. The normalized spacial score (nSPS) is 13.0. The first-order valence-corrected chi connectivity index (χ1v) is 10.6. The van der Waals surface area contributed by atoms with Gasteiger partial charge in [0.1, 0.15) is 0 Å². The number of aromatic nitrogens is 3. The first kappa shape index (κ1) is 20.3. The van der Waals surface area contributed by atoms with Crippen molar-refractivity contribution in [3.63, 3.8) is 0 Å². The van der Waals surface area contributed by atoms with Crippen LogP contribution in [0.15, 0.2) is 30.6 Å². The molecule has 0 saturated carbocycles. The summed E-state index contributed by atoms with van der Waals surface area (Å²) in [5.74, 6) is 0.0541. The van der Waals surface area contributed by atoms with Gasteiger partial charge < -0.3 is 15.4 Å². The lowest BCUT2D eigenvalue weighted by Gasteiger charge is -2.22. The second-order valence-electron chi connectivity index (χ2n) is 7.15. The number of hydrogen-bond donors (Lipinski definition) is 2. The number of anilines is 2. The second kappa shape index (κ2) is 9.26. The topological polar surface area (TPSA) is 89.0 Å². The zero-order valence-electron chi connectivity index (χ0n) is 16.9. The summed E-state index contributed by atoms with van der Waals surface area (Å²) in [6, 6.07) is 5.86. The Bertz CT molecular complexity index is 1060. The van der Waals surface area contributed by atoms with Crippen molar-refractivity contribution in [2.75, 3.05) is 30.3 Å². The molecular weight excluding hydrogens is 402 g/mol. The molecule has 2 aromatic heterocycles. The van der Waals surface area contributed by atoms with E-state index in [-0.39, 0.29) is 0 Å². The Labute approximate surface area is 180 Å². The molecule has 0 fully saturated rings. The Hall–Kier alpha value is -2.93. The number of carbonyl (C=O) groups excluding carboxylic acids is 1. The average Bonchev–Trinajstić information content (AvgIpc) is 2.76. The van der Waals surface area contributed by atoms with Gasteiger partial charge in [0.25, 0.3) is 0 Å². The number of hydrogen-bond acceptors (Lipinski definition) is 7. The molecule has 8 heteroatoms. The van der Waals surface area contributed by atoms with Gasteiger partial charge in [-0.15, -0.1) is 0 Å². The standard InChI is InChI=1S/C22H24ClN5O2/c1-2-30-21(29)14-12-26-22(27-13-14)25-10-9-24-20-16-5-3-4-6-18(16)28-19-11-15(23)7-8-17(19)20/h7-8,11-13H,2-6,9-10H2,1H3,(H,24,28)(H,25,26,27). The summed E-state index contributed by atoms with van der Waals surface area (Å²) in [5.41, 5.74) is 4.90. The summed E-state index contributed by atoms with van der Waals surface area (Å²) in [5, 5.41) is 8.54. The molecule has 0 unspecified atom stereocenters. The van der Waals surface area contributed by atoms with E-state index in [0.29, 0.717) is 36.2 Å². The minimum absolute atomic E-state index is 0.324. The van der Waals surface area contributed by atoms with Gasteiger partial charge in [-0.1, -0.05) is 11.6 Å². The molecule has 30 heavy (non-hydrogen) atoms. The molecule has 0 radical (unpaired) electrons. The number of fused-ring (bicyclic) bond motifs is 2. The minimum atomic E-state index is -0.417. The van der Waals surface area contributed by atoms with Gasteiger partial charge in [0.2, 0.25) is 5.95 Å². The molecule has 0 aliphatic heterocycles. The summed E-state index contributed by atoms with van der Waals surface area (Å²) >= 11 is 6.18. The highest BCUT2D eigenvalue weighted by molar-refractivity contribution is 6.31. The van der Waals surface area contributed by atoms with Gasteiger partial charge in [-0.3, -0.25) is 4.98 Å². The molecule has 156 valence electrons. The molecule has 3 aromatic rings. The van der Waals surface area contributed by atoms with E-state index in [1.54, 1.807) is 6.92 Å². The lowest BCUT2D eigenvalue weighted by molar-refractivity contribution is 0.0525. The zero-order chi connectivity index (χ0) is 20.9. The fourth-order valence-corrected chi connectivity index (χ4v) is 3.87. The van der Waals surface area contributed by atoms with Gasteiger partial charge >= 0.3 is 5.97 Å². The van der Waals surface area contributed by atoms with Crippen molar-refractivity contribution in [1.82, 2.24) is 15.0 Å². The van der Waals surface area contributed by atoms with Crippen LogP contribution < -0.4 is 10.6 Å². The molecule has 7 nitrogen and oxygen atoms in total. The van der Waals surface area contributed by atoms with Crippen LogP contribution in [0.2, 0.25) is 5.02 Å². The van der Waals surface area contributed by atoms with Crippen molar-refractivity contribution in [1.29, 1.82) is 0 Å². The Morgan fingerprint density at radius 3 is 2.70 bits per heavy atom. The Balaban J connectivity index is 1.43. The van der Waals surface area contributed by atoms with E-state index in [2.05, 4.69) is 20.6 Å². The van der Waals surface area contributed by atoms with Crippen LogP contribution in [-0.2, 0) is 17.6 Å². The quantitative estimate of drug-likeness (QED) is 0.432. The van der Waals surface area contributed by atoms with Crippen molar-refractivity contribution >= 4 is 40.1 Å². The van der Waals surface area contributed by atoms with Crippen molar-refractivity contribution in [3.05, 3.63) is 52.4 Å². The maximum absolute atomic E-state index is 11.7. The van der Waals surface area contributed by atoms with Crippen molar-refractivity contribution in [2.24, 2.45) is 0 Å². The highest BCUT2D eigenvalue weighted by Crippen LogP contribution is 2.34. The van der Waals surface area contributed by atoms with Crippen LogP contribution in [0.25, 0.3) is 10.9 Å². The number of benzene rings is 1. The number of nitrogens with one attached hydrogen (secondary N) is 2. The largest absolute Gasteiger partial charge is 0.462 e. The van der Waals surface area contributed by atoms with Crippen LogP contribution in [-0.4, -0.2) is 40.6 Å². The minimum Gasteiger partial charge on any atom is -0.462 e. The van der Waals surface area contributed by atoms with Crippen LogP contribution in [0.5, 0.6) is 0 Å².